The van der Waals surface area contributed by atoms with Crippen LogP contribution in [-0.4, -0.2) is 20.2 Å². The SMILES string of the molecule is Oc1cncc(-c2nc(-c3ccc(F)c(F)c3Br)no2)c1. The Hall–Kier alpha value is -2.35. The van der Waals surface area contributed by atoms with Crippen LogP contribution in [-0.2, 0) is 0 Å². The standard InChI is InChI=1S/C13H6BrF2N3O2/c14-10-8(1-2-9(15)11(10)16)12-18-13(21-19-12)6-3-7(20)5-17-4-6/h1-5,20H. The molecule has 2 aromatic heterocycles. The Labute approximate surface area is 125 Å². The normalized spacial score (nSPS) is 10.8. The van der Waals surface area contributed by atoms with Crippen molar-refractivity contribution in [2.75, 3.05) is 0 Å². The third-order valence-corrected chi connectivity index (χ3v) is 3.45. The summed E-state index contributed by atoms with van der Waals surface area (Å²) in [4.78, 5) is 7.86. The highest BCUT2D eigenvalue weighted by atomic mass is 79.9. The Balaban J connectivity index is 2.05. The number of benzene rings is 1. The van der Waals surface area contributed by atoms with E-state index in [9.17, 15) is 13.9 Å². The monoisotopic (exact) mass is 353 g/mol. The van der Waals surface area contributed by atoms with Crippen molar-refractivity contribution in [2.45, 2.75) is 0 Å². The first-order chi connectivity index (χ1) is 10.1. The van der Waals surface area contributed by atoms with Gasteiger partial charge in [0.25, 0.3) is 5.89 Å². The van der Waals surface area contributed by atoms with Gasteiger partial charge in [0.05, 0.1) is 16.2 Å². The van der Waals surface area contributed by atoms with E-state index in [0.717, 1.165) is 6.07 Å². The van der Waals surface area contributed by atoms with E-state index in [4.69, 9.17) is 4.52 Å². The Kier molecular flexibility index (Phi) is 3.38. The quantitative estimate of drug-likeness (QED) is 0.713. The average Bonchev–Trinajstić information content (AvgIpc) is 2.94. The lowest BCUT2D eigenvalue weighted by molar-refractivity contribution is 0.431. The third kappa shape index (κ3) is 2.49. The van der Waals surface area contributed by atoms with Crippen LogP contribution in [0.4, 0.5) is 8.78 Å². The fourth-order valence-corrected chi connectivity index (χ4v) is 2.19. The number of aromatic hydroxyl groups is 1. The van der Waals surface area contributed by atoms with E-state index in [2.05, 4.69) is 31.1 Å². The molecule has 0 aliphatic heterocycles. The maximum atomic E-state index is 13.5. The molecule has 0 bridgehead atoms. The summed E-state index contributed by atoms with van der Waals surface area (Å²) in [5, 5.41) is 13.1. The minimum Gasteiger partial charge on any atom is -0.506 e. The first-order valence-electron chi connectivity index (χ1n) is 5.68. The summed E-state index contributed by atoms with van der Waals surface area (Å²) in [6, 6.07) is 3.70. The second-order valence-corrected chi connectivity index (χ2v) is 4.87. The predicted octanol–water partition coefficient (Wildman–Crippen LogP) is 3.54. The molecule has 2 heterocycles. The molecule has 0 atom stereocenters. The number of nitrogens with zero attached hydrogens (tertiary/aromatic N) is 3. The number of halogens is 3. The first-order valence-corrected chi connectivity index (χ1v) is 6.47. The highest BCUT2D eigenvalue weighted by Crippen LogP contribution is 2.31. The maximum Gasteiger partial charge on any atom is 0.259 e. The van der Waals surface area contributed by atoms with Crippen LogP contribution in [0.5, 0.6) is 5.75 Å². The van der Waals surface area contributed by atoms with Crippen LogP contribution in [0.3, 0.4) is 0 Å². The molecular weight excluding hydrogens is 348 g/mol. The zero-order valence-electron chi connectivity index (χ0n) is 10.2. The van der Waals surface area contributed by atoms with E-state index in [1.165, 1.54) is 24.5 Å². The molecule has 0 amide bonds. The molecule has 0 radical (unpaired) electrons. The van der Waals surface area contributed by atoms with Crippen molar-refractivity contribution in [1.29, 1.82) is 0 Å². The highest BCUT2D eigenvalue weighted by molar-refractivity contribution is 9.10. The largest absolute Gasteiger partial charge is 0.506 e. The maximum absolute atomic E-state index is 13.5. The molecule has 1 N–H and O–H groups in total. The van der Waals surface area contributed by atoms with Gasteiger partial charge in [-0.15, -0.1) is 0 Å². The molecule has 0 fully saturated rings. The molecule has 5 nitrogen and oxygen atoms in total. The fourth-order valence-electron chi connectivity index (χ4n) is 1.69. The van der Waals surface area contributed by atoms with Crippen molar-refractivity contribution in [3.8, 4) is 28.6 Å². The Morgan fingerprint density at radius 2 is 2.00 bits per heavy atom. The molecule has 0 saturated carbocycles. The van der Waals surface area contributed by atoms with Gasteiger partial charge in [0, 0.05) is 11.8 Å². The van der Waals surface area contributed by atoms with Crippen molar-refractivity contribution in [3.05, 3.63) is 46.7 Å². The van der Waals surface area contributed by atoms with E-state index >= 15 is 0 Å². The summed E-state index contributed by atoms with van der Waals surface area (Å²) in [7, 11) is 0. The van der Waals surface area contributed by atoms with E-state index < -0.39 is 11.6 Å². The summed E-state index contributed by atoms with van der Waals surface area (Å²) in [5.41, 5.74) is 0.657. The highest BCUT2D eigenvalue weighted by Gasteiger charge is 2.18. The number of aromatic nitrogens is 3. The van der Waals surface area contributed by atoms with Gasteiger partial charge in [-0.1, -0.05) is 5.16 Å². The van der Waals surface area contributed by atoms with Crippen LogP contribution in [0.1, 0.15) is 0 Å². The van der Waals surface area contributed by atoms with Crippen LogP contribution in [0.2, 0.25) is 0 Å². The van der Waals surface area contributed by atoms with E-state index in [1.807, 2.05) is 0 Å². The molecule has 0 aliphatic rings. The van der Waals surface area contributed by atoms with Crippen LogP contribution in [0.25, 0.3) is 22.8 Å². The molecule has 3 aromatic rings. The molecule has 0 spiro atoms. The lowest BCUT2D eigenvalue weighted by atomic mass is 10.2. The average molecular weight is 354 g/mol. The molecule has 106 valence electrons. The second-order valence-electron chi connectivity index (χ2n) is 4.08. The minimum absolute atomic E-state index is 0.0544. The molecule has 21 heavy (non-hydrogen) atoms. The summed E-state index contributed by atoms with van der Waals surface area (Å²) >= 11 is 2.96. The van der Waals surface area contributed by atoms with E-state index in [1.54, 1.807) is 0 Å². The van der Waals surface area contributed by atoms with Gasteiger partial charge in [-0.25, -0.2) is 8.78 Å². The first kappa shape index (κ1) is 13.6. The van der Waals surface area contributed by atoms with E-state index in [-0.39, 0.29) is 27.5 Å². The molecule has 1 aromatic carbocycles. The van der Waals surface area contributed by atoms with Gasteiger partial charge in [-0.3, -0.25) is 4.98 Å². The number of rotatable bonds is 2. The topological polar surface area (TPSA) is 72.0 Å². The Bertz CT molecular complexity index is 823. The minimum atomic E-state index is -1.03. The van der Waals surface area contributed by atoms with Crippen molar-refractivity contribution in [3.63, 3.8) is 0 Å². The zero-order chi connectivity index (χ0) is 15.0. The summed E-state index contributed by atoms with van der Waals surface area (Å²) in [6.07, 6.45) is 2.68. The Morgan fingerprint density at radius 1 is 1.19 bits per heavy atom. The van der Waals surface area contributed by atoms with Crippen LogP contribution in [0, 0.1) is 11.6 Å². The van der Waals surface area contributed by atoms with Crippen LogP contribution < -0.4 is 0 Å². The molecule has 0 unspecified atom stereocenters. The summed E-state index contributed by atoms with van der Waals surface area (Å²) in [6.45, 7) is 0. The van der Waals surface area contributed by atoms with Gasteiger partial charge in [0.2, 0.25) is 5.82 Å². The lowest BCUT2D eigenvalue weighted by Crippen LogP contribution is -1.90. The molecular formula is C13H6BrF2N3O2. The predicted molar refractivity (Wildman–Crippen MR) is 72.2 cm³/mol. The van der Waals surface area contributed by atoms with Gasteiger partial charge >= 0.3 is 0 Å². The number of hydrogen-bond donors (Lipinski definition) is 1. The summed E-state index contributed by atoms with van der Waals surface area (Å²) < 4.78 is 31.5. The summed E-state index contributed by atoms with van der Waals surface area (Å²) in [5.74, 6) is -1.88. The van der Waals surface area contributed by atoms with Gasteiger partial charge in [-0.05, 0) is 34.1 Å². The van der Waals surface area contributed by atoms with Crippen molar-refractivity contribution < 1.29 is 18.4 Å². The molecule has 0 aliphatic carbocycles. The molecule has 8 heteroatoms. The Morgan fingerprint density at radius 3 is 2.76 bits per heavy atom. The van der Waals surface area contributed by atoms with Gasteiger partial charge in [0.1, 0.15) is 5.75 Å². The fraction of sp³-hybridized carbons (Fsp3) is 0. The van der Waals surface area contributed by atoms with Crippen LogP contribution >= 0.6 is 15.9 Å². The van der Waals surface area contributed by atoms with Crippen LogP contribution in [0.15, 0.2) is 39.6 Å². The third-order valence-electron chi connectivity index (χ3n) is 2.67. The zero-order valence-corrected chi connectivity index (χ0v) is 11.8. The van der Waals surface area contributed by atoms with Gasteiger partial charge in [0.15, 0.2) is 11.6 Å². The smallest absolute Gasteiger partial charge is 0.259 e. The molecule has 3 rings (SSSR count). The number of pyridine rings is 1. The van der Waals surface area contributed by atoms with Crippen molar-refractivity contribution >= 4 is 15.9 Å². The lowest BCUT2D eigenvalue weighted by Gasteiger charge is -2.01. The van der Waals surface area contributed by atoms with Gasteiger partial charge in [-0.2, -0.15) is 4.98 Å². The second kappa shape index (κ2) is 5.21. The van der Waals surface area contributed by atoms with Gasteiger partial charge < -0.3 is 9.63 Å². The number of hydrogen-bond acceptors (Lipinski definition) is 5. The van der Waals surface area contributed by atoms with Crippen molar-refractivity contribution in [2.24, 2.45) is 0 Å². The van der Waals surface area contributed by atoms with Crippen molar-refractivity contribution in [1.82, 2.24) is 15.1 Å². The van der Waals surface area contributed by atoms with E-state index in [0.29, 0.717) is 5.56 Å². The molecule has 0 saturated heterocycles.